The van der Waals surface area contributed by atoms with Gasteiger partial charge in [-0.15, -0.1) is 0 Å². The van der Waals surface area contributed by atoms with E-state index in [4.69, 9.17) is 11.6 Å². The van der Waals surface area contributed by atoms with Gasteiger partial charge in [-0.05, 0) is 42.5 Å². The summed E-state index contributed by atoms with van der Waals surface area (Å²) in [6.45, 7) is -0.365. The van der Waals surface area contributed by atoms with Gasteiger partial charge < -0.3 is 5.32 Å². The molecule has 0 unspecified atom stereocenters. The van der Waals surface area contributed by atoms with E-state index in [-0.39, 0.29) is 22.9 Å². The summed E-state index contributed by atoms with van der Waals surface area (Å²) in [5, 5.41) is 11.0. The summed E-state index contributed by atoms with van der Waals surface area (Å²) in [6.07, 6.45) is 0. The highest BCUT2D eigenvalue weighted by molar-refractivity contribution is 6.31. The van der Waals surface area contributed by atoms with Gasteiger partial charge in [0.05, 0.1) is 10.7 Å². The van der Waals surface area contributed by atoms with E-state index in [9.17, 15) is 23.2 Å². The number of nitrogens with one attached hydrogen (secondary N) is 1. The van der Waals surface area contributed by atoms with Crippen LogP contribution in [0.15, 0.2) is 52.8 Å². The predicted molar refractivity (Wildman–Crippen MR) is 98.1 cm³/mol. The molecule has 1 N–H and O–H groups in total. The van der Waals surface area contributed by atoms with E-state index in [2.05, 4.69) is 15.7 Å². The van der Waals surface area contributed by atoms with Crippen LogP contribution in [0, 0.1) is 11.6 Å². The molecule has 1 saturated heterocycles. The molecule has 0 saturated carbocycles. The first-order valence-electron chi connectivity index (χ1n) is 8.41. The zero-order chi connectivity index (χ0) is 20.7. The lowest BCUT2D eigenvalue weighted by Crippen LogP contribution is -2.43. The Bertz CT molecular complexity index is 1050. The van der Waals surface area contributed by atoms with Gasteiger partial charge in [-0.1, -0.05) is 16.8 Å². The van der Waals surface area contributed by atoms with Crippen molar-refractivity contribution in [2.75, 3.05) is 16.8 Å². The smallest absolute Gasteiger partial charge is 0.263 e. The van der Waals surface area contributed by atoms with Crippen LogP contribution in [-0.4, -0.2) is 41.4 Å². The van der Waals surface area contributed by atoms with Crippen LogP contribution in [0.5, 0.6) is 0 Å². The molecular formula is C18H12ClF2N5O3. The Balaban J connectivity index is 1.48. The molecule has 0 spiro atoms. The highest BCUT2D eigenvalue weighted by Crippen LogP contribution is 2.31. The second-order valence-corrected chi connectivity index (χ2v) is 6.76. The Hall–Kier alpha value is -3.40. The van der Waals surface area contributed by atoms with Crippen molar-refractivity contribution < 1.29 is 23.2 Å². The molecule has 8 nitrogen and oxygen atoms in total. The molecule has 29 heavy (non-hydrogen) atoms. The van der Waals surface area contributed by atoms with Gasteiger partial charge in [0.2, 0.25) is 5.91 Å². The molecule has 2 aromatic carbocycles. The summed E-state index contributed by atoms with van der Waals surface area (Å²) in [5.41, 5.74) is 0.465. The van der Waals surface area contributed by atoms with Crippen LogP contribution in [0.4, 0.5) is 20.2 Å². The second-order valence-electron chi connectivity index (χ2n) is 6.36. The summed E-state index contributed by atoms with van der Waals surface area (Å²) >= 11 is 5.68. The molecule has 0 aliphatic carbocycles. The Morgan fingerprint density at radius 3 is 2.52 bits per heavy atom. The van der Waals surface area contributed by atoms with Gasteiger partial charge in [0.25, 0.3) is 11.8 Å². The summed E-state index contributed by atoms with van der Waals surface area (Å²) in [6, 6.07) is 6.38. The number of amides is 3. The summed E-state index contributed by atoms with van der Waals surface area (Å²) in [7, 11) is 0. The number of anilines is 2. The monoisotopic (exact) mass is 419 g/mol. The van der Waals surface area contributed by atoms with Crippen molar-refractivity contribution in [1.82, 2.24) is 5.01 Å². The zero-order valence-electron chi connectivity index (χ0n) is 14.6. The van der Waals surface area contributed by atoms with Gasteiger partial charge in [-0.2, -0.15) is 5.11 Å². The van der Waals surface area contributed by atoms with Crippen molar-refractivity contribution in [3.8, 4) is 0 Å². The van der Waals surface area contributed by atoms with Gasteiger partial charge in [0, 0.05) is 5.69 Å². The fourth-order valence-electron chi connectivity index (χ4n) is 3.12. The lowest BCUT2D eigenvalue weighted by molar-refractivity contribution is -0.123. The third-order valence-electron chi connectivity index (χ3n) is 4.45. The molecule has 0 bridgehead atoms. The molecule has 11 heteroatoms. The van der Waals surface area contributed by atoms with Crippen LogP contribution in [0.25, 0.3) is 0 Å². The topological polar surface area (TPSA) is 94.4 Å². The predicted octanol–water partition coefficient (Wildman–Crippen LogP) is 2.55. The first-order valence-corrected chi connectivity index (χ1v) is 8.78. The summed E-state index contributed by atoms with van der Waals surface area (Å²) < 4.78 is 26.3. The molecule has 0 aromatic heterocycles. The molecule has 2 atom stereocenters. The van der Waals surface area contributed by atoms with E-state index in [0.717, 1.165) is 28.1 Å². The Morgan fingerprint density at radius 1 is 1.10 bits per heavy atom. The quantitative estimate of drug-likeness (QED) is 0.770. The number of rotatable bonds is 4. The number of carbonyl (C=O) groups is 3. The van der Waals surface area contributed by atoms with E-state index in [1.165, 1.54) is 24.3 Å². The zero-order valence-corrected chi connectivity index (χ0v) is 15.3. The van der Waals surface area contributed by atoms with Gasteiger partial charge in [0.1, 0.15) is 18.2 Å². The fourth-order valence-corrected chi connectivity index (χ4v) is 3.30. The van der Waals surface area contributed by atoms with Crippen LogP contribution in [0.3, 0.4) is 0 Å². The minimum atomic E-state index is -1.08. The highest BCUT2D eigenvalue weighted by atomic mass is 35.5. The van der Waals surface area contributed by atoms with Crippen LogP contribution < -0.4 is 10.2 Å². The van der Waals surface area contributed by atoms with Gasteiger partial charge >= 0.3 is 0 Å². The van der Waals surface area contributed by atoms with Crippen molar-refractivity contribution in [2.45, 2.75) is 12.1 Å². The average molecular weight is 420 g/mol. The van der Waals surface area contributed by atoms with Crippen molar-refractivity contribution in [3.63, 3.8) is 0 Å². The lowest BCUT2D eigenvalue weighted by Gasteiger charge is -2.20. The third-order valence-corrected chi connectivity index (χ3v) is 4.74. The number of benzene rings is 2. The number of fused-ring (bicyclic) bond motifs is 1. The van der Waals surface area contributed by atoms with Crippen LogP contribution in [0.1, 0.15) is 0 Å². The van der Waals surface area contributed by atoms with E-state index in [1.54, 1.807) is 0 Å². The van der Waals surface area contributed by atoms with Gasteiger partial charge in [-0.3, -0.25) is 19.4 Å². The molecule has 4 rings (SSSR count). The minimum Gasteiger partial charge on any atom is -0.324 e. The number of nitrogens with zero attached hydrogens (tertiary/aromatic N) is 4. The number of halogens is 3. The largest absolute Gasteiger partial charge is 0.324 e. The fraction of sp³-hybridized carbons (Fsp3) is 0.167. The van der Waals surface area contributed by atoms with Crippen molar-refractivity contribution in [1.29, 1.82) is 0 Å². The van der Waals surface area contributed by atoms with Crippen LogP contribution in [0.2, 0.25) is 5.02 Å². The molecule has 1 fully saturated rings. The minimum absolute atomic E-state index is 0.157. The maximum atomic E-state index is 13.2. The van der Waals surface area contributed by atoms with E-state index >= 15 is 0 Å². The molecule has 148 valence electrons. The van der Waals surface area contributed by atoms with Crippen molar-refractivity contribution in [2.24, 2.45) is 10.3 Å². The van der Waals surface area contributed by atoms with Gasteiger partial charge in [0.15, 0.2) is 12.1 Å². The molecule has 0 radical (unpaired) electrons. The van der Waals surface area contributed by atoms with E-state index in [1.807, 2.05) is 0 Å². The number of carbonyl (C=O) groups excluding carboxylic acids is 3. The normalized spacial score (nSPS) is 20.4. The highest BCUT2D eigenvalue weighted by Gasteiger charge is 2.55. The number of imide groups is 1. The molecule has 2 heterocycles. The Labute approximate surface area is 167 Å². The van der Waals surface area contributed by atoms with Crippen molar-refractivity contribution >= 4 is 40.7 Å². The molecule has 2 aliphatic heterocycles. The Morgan fingerprint density at radius 2 is 1.83 bits per heavy atom. The van der Waals surface area contributed by atoms with Crippen molar-refractivity contribution in [3.05, 3.63) is 59.1 Å². The summed E-state index contributed by atoms with van der Waals surface area (Å²) in [5.74, 6) is -2.92. The standard InChI is InChI=1S/C18H12ClF2N5O3/c19-12-7-10(3-6-13(12)21)22-14(27)8-25-16-15(23-24-25)17(28)26(18(16)29)11-4-1-9(20)2-5-11/h1-7,15-16H,8H2,(H,22,27)/t15-,16-/m1/s1. The molecule has 2 aliphatic rings. The van der Waals surface area contributed by atoms with Crippen LogP contribution in [-0.2, 0) is 14.4 Å². The first-order chi connectivity index (χ1) is 13.8. The molecule has 2 aromatic rings. The Kier molecular flexibility index (Phi) is 4.71. The first kappa shape index (κ1) is 18.9. The molecular weight excluding hydrogens is 408 g/mol. The van der Waals surface area contributed by atoms with E-state index in [0.29, 0.717) is 0 Å². The number of hydrogen-bond donors (Lipinski definition) is 1. The van der Waals surface area contributed by atoms with E-state index < -0.39 is 41.4 Å². The second kappa shape index (κ2) is 7.21. The molecule has 3 amide bonds. The third kappa shape index (κ3) is 3.42. The SMILES string of the molecule is O=C(CN1N=N[C@H]2C(=O)N(c3ccc(F)cc3)C(=O)[C@@H]21)Nc1ccc(F)c(Cl)c1. The summed E-state index contributed by atoms with van der Waals surface area (Å²) in [4.78, 5) is 38.5. The lowest BCUT2D eigenvalue weighted by atomic mass is 10.1. The van der Waals surface area contributed by atoms with Crippen LogP contribution >= 0.6 is 11.6 Å². The average Bonchev–Trinajstić information content (AvgIpc) is 3.19. The maximum absolute atomic E-state index is 13.2. The maximum Gasteiger partial charge on any atom is 0.263 e. The number of hydrogen-bond acceptors (Lipinski definition) is 6. The van der Waals surface area contributed by atoms with Gasteiger partial charge in [-0.25, -0.2) is 13.7 Å².